The topological polar surface area (TPSA) is 73.2 Å². The number of piperidine rings is 1. The summed E-state index contributed by atoms with van der Waals surface area (Å²) >= 11 is 0. The molecule has 4 aliphatic rings. The second-order valence-corrected chi connectivity index (χ2v) is 12.3. The molecule has 0 aromatic heterocycles. The minimum absolute atomic E-state index is 0.0230. The van der Waals surface area contributed by atoms with Crippen molar-refractivity contribution in [2.75, 3.05) is 20.1 Å². The van der Waals surface area contributed by atoms with Gasteiger partial charge < -0.3 is 24.7 Å². The molecule has 2 bridgehead atoms. The van der Waals surface area contributed by atoms with Gasteiger partial charge in [-0.3, -0.25) is 4.79 Å². The molecule has 2 aromatic rings. The molecule has 6 nitrogen and oxygen atoms in total. The number of benzene rings is 2. The van der Waals surface area contributed by atoms with Gasteiger partial charge in [0, 0.05) is 29.6 Å². The van der Waals surface area contributed by atoms with E-state index in [1.54, 1.807) is 6.07 Å². The van der Waals surface area contributed by atoms with E-state index in [-0.39, 0.29) is 29.7 Å². The maximum atomic E-state index is 13.8. The summed E-state index contributed by atoms with van der Waals surface area (Å²) in [6.45, 7) is 9.71. The van der Waals surface area contributed by atoms with E-state index in [1.165, 1.54) is 5.56 Å². The molecule has 200 valence electrons. The maximum absolute atomic E-state index is 13.8. The molecule has 2 aliphatic heterocycles. The first-order valence-electron chi connectivity index (χ1n) is 13.9. The largest absolute Gasteiger partial charge is 0.504 e. The summed E-state index contributed by atoms with van der Waals surface area (Å²) < 4.78 is 6.66. The molecule has 1 saturated carbocycles. The van der Waals surface area contributed by atoms with E-state index in [1.807, 2.05) is 36.1 Å². The number of carbonyl (C=O) groups excluding carboxylic acids is 1. The minimum Gasteiger partial charge on any atom is -0.504 e. The SMILES string of the molecule is Cc1ccc(C#CC(=O)N(CC(C)C)[C@H]2CC[C@@]3(O)[C@H]4Cc5ccc(O)c6c5[C@@]3(CCN4C)[C@H]2O6)cc1C. The van der Waals surface area contributed by atoms with Gasteiger partial charge in [0.25, 0.3) is 5.91 Å². The van der Waals surface area contributed by atoms with Gasteiger partial charge in [-0.25, -0.2) is 0 Å². The molecular weight excluding hydrogens is 476 g/mol. The lowest BCUT2D eigenvalue weighted by Crippen LogP contribution is -2.78. The third kappa shape index (κ3) is 3.45. The van der Waals surface area contributed by atoms with Crippen molar-refractivity contribution in [2.45, 2.75) is 82.6 Å². The zero-order valence-corrected chi connectivity index (χ0v) is 23.0. The van der Waals surface area contributed by atoms with Crippen LogP contribution in [0.3, 0.4) is 0 Å². The molecule has 2 aromatic carbocycles. The fourth-order valence-electron chi connectivity index (χ4n) is 7.82. The van der Waals surface area contributed by atoms with Crippen LogP contribution < -0.4 is 4.74 Å². The highest BCUT2D eigenvalue weighted by Crippen LogP contribution is 2.65. The minimum atomic E-state index is -0.981. The number of phenolic OH excluding ortho intramolecular Hbond substituents is 1. The zero-order valence-electron chi connectivity index (χ0n) is 23.0. The third-order valence-electron chi connectivity index (χ3n) is 9.74. The van der Waals surface area contributed by atoms with Gasteiger partial charge in [-0.2, -0.15) is 0 Å². The van der Waals surface area contributed by atoms with E-state index in [0.717, 1.165) is 41.6 Å². The highest BCUT2D eigenvalue weighted by Gasteiger charge is 2.73. The Balaban J connectivity index is 1.42. The number of aryl methyl sites for hydroxylation is 2. The quantitative estimate of drug-likeness (QED) is 0.612. The highest BCUT2D eigenvalue weighted by molar-refractivity contribution is 5.94. The van der Waals surface area contributed by atoms with Gasteiger partial charge in [-0.15, -0.1) is 0 Å². The van der Waals surface area contributed by atoms with Gasteiger partial charge in [0.15, 0.2) is 11.5 Å². The van der Waals surface area contributed by atoms with Crippen molar-refractivity contribution in [1.82, 2.24) is 9.80 Å². The van der Waals surface area contributed by atoms with Crippen LogP contribution in [0.2, 0.25) is 0 Å². The Morgan fingerprint density at radius 2 is 2.00 bits per heavy atom. The molecule has 2 heterocycles. The zero-order chi connectivity index (χ0) is 27.0. The number of nitrogens with zero attached hydrogens (tertiary/aromatic N) is 2. The summed E-state index contributed by atoms with van der Waals surface area (Å²) in [6, 6.07) is 9.43. The van der Waals surface area contributed by atoms with Crippen molar-refractivity contribution in [3.05, 3.63) is 58.1 Å². The fraction of sp³-hybridized carbons (Fsp3) is 0.531. The number of aliphatic hydroxyl groups is 1. The number of likely N-dealkylation sites (N-methyl/N-ethyl adjacent to an activating group) is 1. The van der Waals surface area contributed by atoms with Gasteiger partial charge in [0.2, 0.25) is 0 Å². The van der Waals surface area contributed by atoms with Crippen molar-refractivity contribution in [1.29, 1.82) is 0 Å². The number of aromatic hydroxyl groups is 1. The molecule has 0 radical (unpaired) electrons. The molecule has 2 aliphatic carbocycles. The molecule has 2 fully saturated rings. The number of phenols is 1. The van der Waals surface area contributed by atoms with Crippen LogP contribution in [-0.4, -0.2) is 69.8 Å². The number of ether oxygens (including phenoxy) is 1. The van der Waals surface area contributed by atoms with E-state index in [9.17, 15) is 15.0 Å². The van der Waals surface area contributed by atoms with Crippen molar-refractivity contribution < 1.29 is 19.7 Å². The van der Waals surface area contributed by atoms with E-state index in [0.29, 0.717) is 25.1 Å². The number of rotatable bonds is 3. The lowest BCUT2D eigenvalue weighted by Gasteiger charge is -2.64. The lowest BCUT2D eigenvalue weighted by atomic mass is 9.48. The summed E-state index contributed by atoms with van der Waals surface area (Å²) in [5, 5.41) is 23.3. The van der Waals surface area contributed by atoms with E-state index in [4.69, 9.17) is 4.74 Å². The van der Waals surface area contributed by atoms with Gasteiger partial charge in [-0.05, 0) is 93.9 Å². The summed E-state index contributed by atoms with van der Waals surface area (Å²) in [7, 11) is 2.09. The van der Waals surface area contributed by atoms with Crippen molar-refractivity contribution in [3.63, 3.8) is 0 Å². The Bertz CT molecular complexity index is 1370. The van der Waals surface area contributed by atoms with Gasteiger partial charge in [0.1, 0.15) is 6.10 Å². The van der Waals surface area contributed by atoms with Crippen LogP contribution in [0, 0.1) is 31.6 Å². The Morgan fingerprint density at radius 1 is 1.21 bits per heavy atom. The fourth-order valence-corrected chi connectivity index (χ4v) is 7.82. The molecule has 6 heteroatoms. The first kappa shape index (κ1) is 25.3. The number of hydrogen-bond acceptors (Lipinski definition) is 5. The first-order valence-corrected chi connectivity index (χ1v) is 13.9. The molecule has 2 N–H and O–H groups in total. The predicted molar refractivity (Wildman–Crippen MR) is 146 cm³/mol. The second-order valence-electron chi connectivity index (χ2n) is 12.3. The van der Waals surface area contributed by atoms with Crippen molar-refractivity contribution >= 4 is 5.91 Å². The smallest absolute Gasteiger partial charge is 0.299 e. The van der Waals surface area contributed by atoms with Gasteiger partial charge in [-0.1, -0.05) is 31.9 Å². The number of amides is 1. The van der Waals surface area contributed by atoms with Crippen LogP contribution in [-0.2, 0) is 16.6 Å². The molecule has 1 spiro atoms. The van der Waals surface area contributed by atoms with Crippen LogP contribution in [0.25, 0.3) is 0 Å². The van der Waals surface area contributed by atoms with Gasteiger partial charge in [0.05, 0.1) is 17.1 Å². The normalized spacial score (nSPS) is 30.8. The summed E-state index contributed by atoms with van der Waals surface area (Å²) in [6.07, 6.45) is 2.22. The van der Waals surface area contributed by atoms with Crippen LogP contribution in [0.5, 0.6) is 11.5 Å². The van der Waals surface area contributed by atoms with Crippen LogP contribution in [0.1, 0.15) is 60.9 Å². The summed E-state index contributed by atoms with van der Waals surface area (Å²) in [5.74, 6) is 6.66. The Kier molecular flexibility index (Phi) is 5.83. The molecule has 38 heavy (non-hydrogen) atoms. The van der Waals surface area contributed by atoms with E-state index < -0.39 is 17.1 Å². The third-order valence-corrected chi connectivity index (χ3v) is 9.74. The highest BCUT2D eigenvalue weighted by atomic mass is 16.5. The summed E-state index contributed by atoms with van der Waals surface area (Å²) in [4.78, 5) is 17.9. The Hall–Kier alpha value is -3.01. The molecule has 6 rings (SSSR count). The predicted octanol–water partition coefficient (Wildman–Crippen LogP) is 3.70. The van der Waals surface area contributed by atoms with Crippen LogP contribution in [0.15, 0.2) is 30.3 Å². The molecule has 0 unspecified atom stereocenters. The second kappa shape index (κ2) is 8.76. The summed E-state index contributed by atoms with van der Waals surface area (Å²) in [5.41, 5.74) is 3.64. The number of likely N-dealkylation sites (tertiary alicyclic amines) is 1. The van der Waals surface area contributed by atoms with Crippen LogP contribution >= 0.6 is 0 Å². The van der Waals surface area contributed by atoms with E-state index in [2.05, 4.69) is 44.6 Å². The van der Waals surface area contributed by atoms with E-state index >= 15 is 0 Å². The maximum Gasteiger partial charge on any atom is 0.299 e. The van der Waals surface area contributed by atoms with Crippen molar-refractivity contribution in [2.24, 2.45) is 5.92 Å². The standard InChI is InChI=1S/C32H38N2O4/c1-19(2)18-34(27(36)11-8-22-7-6-20(3)21(4)16-22)24-12-13-32(37)26-17-23-9-10-25(35)29-28(23)31(32,30(24)38-29)14-15-33(26)5/h6-7,9-10,16,19,24,26,30,35,37H,12-15,17-18H2,1-5H3/t24-,26+,30-,31-,32+/m0/s1. The first-order chi connectivity index (χ1) is 18.1. The number of carbonyl (C=O) groups is 1. The van der Waals surface area contributed by atoms with Crippen molar-refractivity contribution in [3.8, 4) is 23.3 Å². The molecule has 1 saturated heterocycles. The Labute approximate surface area is 225 Å². The molecule has 1 amide bonds. The average molecular weight is 515 g/mol. The number of hydrogen-bond donors (Lipinski definition) is 2. The molecule has 5 atom stereocenters. The average Bonchev–Trinajstić information content (AvgIpc) is 3.23. The van der Waals surface area contributed by atoms with Crippen LogP contribution in [0.4, 0.5) is 0 Å². The van der Waals surface area contributed by atoms with Gasteiger partial charge >= 0.3 is 0 Å². The Morgan fingerprint density at radius 3 is 2.74 bits per heavy atom. The monoisotopic (exact) mass is 514 g/mol. The lowest BCUT2D eigenvalue weighted by molar-refractivity contribution is -0.197. The molecular formula is C32H38N2O4.